The molecule has 0 aromatic heterocycles. The van der Waals surface area contributed by atoms with Gasteiger partial charge in [-0.1, -0.05) is 52.2 Å². The van der Waals surface area contributed by atoms with Crippen LogP contribution in [0.15, 0.2) is 46.9 Å². The largest absolute Gasteiger partial charge is 0.483 e. The highest BCUT2D eigenvalue weighted by Gasteiger charge is 2.43. The second kappa shape index (κ2) is 15.6. The molecule has 3 rings (SSSR count). The van der Waals surface area contributed by atoms with Crippen LogP contribution in [0.25, 0.3) is 11.6 Å². The topological polar surface area (TPSA) is 83.1 Å². The maximum atomic E-state index is 12.6. The van der Waals surface area contributed by atoms with Gasteiger partial charge in [0.2, 0.25) is 12.3 Å². The molecule has 1 aliphatic heterocycles. The molecule has 10 heteroatoms. The minimum absolute atomic E-state index is 0.0788. The van der Waals surface area contributed by atoms with Crippen molar-refractivity contribution in [2.45, 2.75) is 38.3 Å². The smallest absolute Gasteiger partial charge is 0.234 e. The zero-order chi connectivity index (χ0) is 29.1. The van der Waals surface area contributed by atoms with Crippen molar-refractivity contribution in [2.75, 3.05) is 58.1 Å². The first kappa shape index (κ1) is 32.1. The lowest BCUT2D eigenvalue weighted by molar-refractivity contribution is -0.123. The third-order valence-corrected chi connectivity index (χ3v) is 8.71. The summed E-state index contributed by atoms with van der Waals surface area (Å²) in [6.45, 7) is 6.61. The first-order chi connectivity index (χ1) is 19.3. The van der Waals surface area contributed by atoms with Gasteiger partial charge >= 0.3 is 0 Å². The molecule has 2 N–H and O–H groups in total. The van der Waals surface area contributed by atoms with Gasteiger partial charge in [0.25, 0.3) is 0 Å². The molecule has 0 bridgehead atoms. The zero-order valence-corrected chi connectivity index (χ0v) is 26.4. The first-order valence-electron chi connectivity index (χ1n) is 13.5. The first-order valence-corrected chi connectivity index (χ1v) is 15.4. The number of amides is 2. The van der Waals surface area contributed by atoms with Crippen LogP contribution in [0, 0.1) is 0 Å². The number of hydrogen-bond acceptors (Lipinski definition) is 7. The summed E-state index contributed by atoms with van der Waals surface area (Å²) in [5.41, 5.74) is 1.02. The molecule has 0 spiro atoms. The molecule has 40 heavy (non-hydrogen) atoms. The second-order valence-corrected chi connectivity index (χ2v) is 11.7. The second-order valence-electron chi connectivity index (χ2n) is 9.86. The van der Waals surface area contributed by atoms with E-state index in [1.807, 2.05) is 56.3 Å². The van der Waals surface area contributed by atoms with E-state index in [0.717, 1.165) is 52.8 Å². The summed E-state index contributed by atoms with van der Waals surface area (Å²) < 4.78 is 15.7. The third kappa shape index (κ3) is 8.10. The van der Waals surface area contributed by atoms with Crippen LogP contribution >= 0.6 is 27.9 Å². The van der Waals surface area contributed by atoms with Crippen LogP contribution in [0.1, 0.15) is 26.7 Å². The third-order valence-electron chi connectivity index (χ3n) is 7.33. The maximum Gasteiger partial charge on any atom is 0.234 e. The molecule has 1 atom stereocenters. The molecule has 1 unspecified atom stereocenters. The molecule has 2 aromatic carbocycles. The van der Waals surface area contributed by atoms with Crippen molar-refractivity contribution in [3.63, 3.8) is 0 Å². The molecule has 0 saturated carbocycles. The predicted octanol–water partition coefficient (Wildman–Crippen LogP) is 2.93. The Bertz CT molecular complexity index is 1270. The van der Waals surface area contributed by atoms with E-state index in [9.17, 15) is 9.59 Å². The van der Waals surface area contributed by atoms with E-state index in [0.29, 0.717) is 24.6 Å². The van der Waals surface area contributed by atoms with Gasteiger partial charge in [0, 0.05) is 44.1 Å². The molecular formula is C30H41BrN4O4S. The van der Waals surface area contributed by atoms with Crippen molar-refractivity contribution < 1.29 is 19.1 Å². The number of halogens is 1. The van der Waals surface area contributed by atoms with E-state index < -0.39 is 5.60 Å². The molecule has 2 amide bonds. The van der Waals surface area contributed by atoms with Crippen LogP contribution in [-0.4, -0.2) is 81.5 Å². The van der Waals surface area contributed by atoms with E-state index in [1.54, 1.807) is 31.0 Å². The normalized spacial score (nSPS) is 17.2. The Balaban J connectivity index is 2.01. The van der Waals surface area contributed by atoms with Gasteiger partial charge in [0.05, 0.1) is 24.9 Å². The molecule has 0 aliphatic carbocycles. The molecule has 218 valence electrons. The molecule has 1 fully saturated rings. The monoisotopic (exact) mass is 632 g/mol. The molecular weight excluding hydrogens is 592 g/mol. The van der Waals surface area contributed by atoms with Crippen LogP contribution in [-0.2, 0) is 14.3 Å². The van der Waals surface area contributed by atoms with Crippen LogP contribution < -0.4 is 30.7 Å². The van der Waals surface area contributed by atoms with Crippen molar-refractivity contribution in [3.8, 4) is 5.75 Å². The highest BCUT2D eigenvalue weighted by Crippen LogP contribution is 2.38. The summed E-state index contributed by atoms with van der Waals surface area (Å²) in [5.74, 6) is 0.529. The fraction of sp³-hybridized carbons (Fsp3) is 0.467. The summed E-state index contributed by atoms with van der Waals surface area (Å²) in [5, 5.41) is 8.13. The fourth-order valence-corrected chi connectivity index (χ4v) is 6.04. The van der Waals surface area contributed by atoms with Crippen LogP contribution in [0.4, 0.5) is 5.69 Å². The number of carbonyl (C=O) groups is 2. The lowest BCUT2D eigenvalue weighted by Gasteiger charge is -2.45. The van der Waals surface area contributed by atoms with Crippen molar-refractivity contribution in [3.05, 3.63) is 57.4 Å². The fourth-order valence-electron chi connectivity index (χ4n) is 5.12. The summed E-state index contributed by atoms with van der Waals surface area (Å²) in [6, 6.07) is 13.5. The lowest BCUT2D eigenvalue weighted by Crippen LogP contribution is -2.59. The minimum atomic E-state index is -0.630. The SMILES string of the molecule is C/C=c1/cc(Br)cc/c1=C(/COC)CN(C=O)c1ccccc1OC1(C(C)NC(=O)CNC)CCN(SC)CC1. The Morgan fingerprint density at radius 3 is 2.60 bits per heavy atom. The Hall–Kier alpha value is -2.37. The highest BCUT2D eigenvalue weighted by molar-refractivity contribution is 9.10. The average Bonchev–Trinajstić information content (AvgIpc) is 2.96. The number of likely N-dealkylation sites (N-methyl/N-ethyl adjacent to an activating group) is 1. The standard InChI is InChI=1S/C30H41BrN4O4S/c1-6-23-17-25(31)11-12-26(23)24(20-38-4)19-34(21-36)27-9-7-8-10-28(27)39-30(13-15-35(40-5)16-14-30)22(2)33-29(37)18-32-3/h6-12,17,21-22,32H,13-16,18-20H2,1-5H3,(H,33,37)/b23-6-,26-24-. The van der Waals surface area contributed by atoms with Gasteiger partial charge in [-0.15, -0.1) is 0 Å². The number of rotatable bonds is 13. The number of methoxy groups -OCH3 is 1. The Morgan fingerprint density at radius 2 is 1.98 bits per heavy atom. The van der Waals surface area contributed by atoms with Crippen molar-refractivity contribution >= 4 is 57.5 Å². The number of piperidine rings is 1. The van der Waals surface area contributed by atoms with E-state index in [1.165, 1.54) is 0 Å². The number of carbonyl (C=O) groups excluding carboxylic acids is 2. The van der Waals surface area contributed by atoms with Crippen molar-refractivity contribution in [2.24, 2.45) is 0 Å². The van der Waals surface area contributed by atoms with Gasteiger partial charge in [0.15, 0.2) is 0 Å². The van der Waals surface area contributed by atoms with E-state index >= 15 is 0 Å². The van der Waals surface area contributed by atoms with Gasteiger partial charge in [-0.2, -0.15) is 0 Å². The Morgan fingerprint density at radius 1 is 1.25 bits per heavy atom. The number of nitrogens with one attached hydrogen (secondary N) is 2. The van der Waals surface area contributed by atoms with Crippen LogP contribution in [0.5, 0.6) is 5.75 Å². The van der Waals surface area contributed by atoms with Gasteiger partial charge in [-0.3, -0.25) is 13.9 Å². The number of hydrogen-bond donors (Lipinski definition) is 2. The number of nitrogens with zero attached hydrogens (tertiary/aromatic N) is 2. The predicted molar refractivity (Wildman–Crippen MR) is 168 cm³/mol. The van der Waals surface area contributed by atoms with Crippen molar-refractivity contribution in [1.29, 1.82) is 0 Å². The molecule has 1 aliphatic rings. The van der Waals surface area contributed by atoms with Gasteiger partial charge < -0.3 is 25.0 Å². The molecule has 1 saturated heterocycles. The van der Waals surface area contributed by atoms with Gasteiger partial charge in [0.1, 0.15) is 11.4 Å². The number of ether oxygens (including phenoxy) is 2. The molecule has 2 aromatic rings. The summed E-state index contributed by atoms with van der Waals surface area (Å²) in [6.07, 6.45) is 6.43. The highest BCUT2D eigenvalue weighted by atomic mass is 79.9. The summed E-state index contributed by atoms with van der Waals surface area (Å²) >= 11 is 5.27. The summed E-state index contributed by atoms with van der Waals surface area (Å²) in [4.78, 5) is 26.7. The van der Waals surface area contributed by atoms with E-state index in [2.05, 4.69) is 43.2 Å². The van der Waals surface area contributed by atoms with E-state index in [4.69, 9.17) is 9.47 Å². The number of para-hydroxylation sites is 2. The van der Waals surface area contributed by atoms with Crippen molar-refractivity contribution in [1.82, 2.24) is 14.9 Å². The van der Waals surface area contributed by atoms with Gasteiger partial charge in [-0.05, 0) is 67.4 Å². The molecule has 0 radical (unpaired) electrons. The number of anilines is 1. The summed E-state index contributed by atoms with van der Waals surface area (Å²) in [7, 11) is 3.41. The van der Waals surface area contributed by atoms with Crippen LogP contribution in [0.3, 0.4) is 0 Å². The Labute approximate surface area is 250 Å². The quantitative estimate of drug-likeness (QED) is 0.260. The van der Waals surface area contributed by atoms with E-state index in [-0.39, 0.29) is 18.5 Å². The molecule has 8 nitrogen and oxygen atoms in total. The average molecular weight is 634 g/mol. The van der Waals surface area contributed by atoms with Crippen LogP contribution in [0.2, 0.25) is 0 Å². The number of benzene rings is 2. The molecule has 1 heterocycles. The lowest BCUT2D eigenvalue weighted by atomic mass is 9.85. The zero-order valence-electron chi connectivity index (χ0n) is 24.0. The van der Waals surface area contributed by atoms with Gasteiger partial charge in [-0.25, -0.2) is 0 Å². The Kier molecular flexibility index (Phi) is 12.5. The maximum absolute atomic E-state index is 12.6. The minimum Gasteiger partial charge on any atom is -0.483 e.